The normalized spacial score (nSPS) is 16.8. The Hall–Kier alpha value is -1.24. The lowest BCUT2D eigenvalue weighted by Gasteiger charge is -2.29. The predicted molar refractivity (Wildman–Crippen MR) is 82.3 cm³/mol. The van der Waals surface area contributed by atoms with Crippen LogP contribution in [0.3, 0.4) is 0 Å². The van der Waals surface area contributed by atoms with Crippen LogP contribution in [0.2, 0.25) is 0 Å². The summed E-state index contributed by atoms with van der Waals surface area (Å²) in [4.78, 5) is 28.9. The molecule has 0 fully saturated rings. The number of carbonyl (C=O) groups is 2. The van der Waals surface area contributed by atoms with Crippen LogP contribution in [0.4, 0.5) is 0 Å². The fraction of sp³-hybridized carbons (Fsp3) is 0.385. The molecule has 1 aromatic carbocycles. The van der Waals surface area contributed by atoms with Gasteiger partial charge in [-0.2, -0.15) is 0 Å². The van der Waals surface area contributed by atoms with Crippen LogP contribution < -0.4 is 5.73 Å². The third kappa shape index (κ3) is 4.63. The van der Waals surface area contributed by atoms with E-state index in [0.29, 0.717) is 10.4 Å². The minimum atomic E-state index is -4.26. The Kier molecular flexibility index (Phi) is 6.71. The van der Waals surface area contributed by atoms with Crippen molar-refractivity contribution in [2.24, 2.45) is 5.73 Å². The monoisotopic (exact) mass is 348 g/mol. The lowest BCUT2D eigenvalue weighted by atomic mass is 10.2. The molecule has 0 bridgehead atoms. The van der Waals surface area contributed by atoms with E-state index < -0.39 is 30.2 Å². The molecule has 0 saturated heterocycles. The summed E-state index contributed by atoms with van der Waals surface area (Å²) in [7, 11) is 0. The molecule has 0 spiro atoms. The zero-order chi connectivity index (χ0) is 16.9. The number of nitrogens with two attached hydrogens (primary N) is 1. The molecule has 3 N–H and O–H groups in total. The molecule has 0 aliphatic carbocycles. The summed E-state index contributed by atoms with van der Waals surface area (Å²) in [6, 6.07) is 6.30. The van der Waals surface area contributed by atoms with Gasteiger partial charge < -0.3 is 10.8 Å². The maximum absolute atomic E-state index is 12.5. The minimum Gasteiger partial charge on any atom is -0.480 e. The van der Waals surface area contributed by atoms with E-state index >= 15 is 0 Å². The maximum Gasteiger partial charge on any atom is 0.323 e. The number of hydrogen-bond acceptors (Lipinski definition) is 5. The Balaban J connectivity index is 3.01. The van der Waals surface area contributed by atoms with Gasteiger partial charge in [0.05, 0.1) is 12.6 Å². The molecule has 0 radical (unpaired) electrons. The highest BCUT2D eigenvalue weighted by atomic mass is 35.7. The lowest BCUT2D eigenvalue weighted by molar-refractivity contribution is -0.164. The van der Waals surface area contributed by atoms with E-state index in [4.69, 9.17) is 26.9 Å². The van der Waals surface area contributed by atoms with Gasteiger partial charge in [-0.1, -0.05) is 30.3 Å². The molecule has 0 heterocycles. The lowest BCUT2D eigenvalue weighted by Crippen LogP contribution is -2.39. The van der Waals surface area contributed by atoms with E-state index in [1.54, 1.807) is 30.3 Å². The maximum atomic E-state index is 12.5. The summed E-state index contributed by atoms with van der Waals surface area (Å²) in [5.41, 5.74) is 5.15. The van der Waals surface area contributed by atoms with Crippen molar-refractivity contribution >= 4 is 29.4 Å². The van der Waals surface area contributed by atoms with E-state index in [2.05, 4.69) is 0 Å². The van der Waals surface area contributed by atoms with Gasteiger partial charge in [0.25, 0.3) is 0 Å². The number of carboxylic acid groups (broad SMARTS) is 1. The number of halogens is 1. The average molecular weight is 349 g/mol. The quantitative estimate of drug-likeness (QED) is 0.547. The first-order valence-electron chi connectivity index (χ1n) is 6.47. The van der Waals surface area contributed by atoms with Crippen LogP contribution in [0.1, 0.15) is 19.4 Å². The fourth-order valence-corrected chi connectivity index (χ4v) is 4.00. The third-order valence-corrected chi connectivity index (χ3v) is 5.68. The Labute approximate surface area is 133 Å². The van der Waals surface area contributed by atoms with E-state index in [0.717, 1.165) is 0 Å². The molecule has 1 unspecified atom stereocenters. The Morgan fingerprint density at radius 2 is 1.91 bits per heavy atom. The van der Waals surface area contributed by atoms with E-state index in [-0.39, 0.29) is 6.61 Å². The van der Waals surface area contributed by atoms with Gasteiger partial charge in [-0.15, -0.1) is 4.83 Å². The van der Waals surface area contributed by atoms with Crippen LogP contribution in [-0.2, 0) is 25.6 Å². The number of carboxylic acids is 1. The first-order chi connectivity index (χ1) is 10.2. The van der Waals surface area contributed by atoms with Gasteiger partial charge in [0.2, 0.25) is 5.52 Å². The largest absolute Gasteiger partial charge is 0.480 e. The van der Waals surface area contributed by atoms with Gasteiger partial charge in [0.15, 0.2) is 0 Å². The second kappa shape index (κ2) is 7.85. The summed E-state index contributed by atoms with van der Waals surface area (Å²) in [6.45, 7) is -1.80. The number of nitrogens with zero attached hydrogens (tertiary/aromatic N) is 1. The topological polar surface area (TPSA) is 110 Å². The van der Waals surface area contributed by atoms with Crippen molar-refractivity contribution in [1.82, 2.24) is 4.83 Å². The SMILES string of the molecule is C[C@H](N)C(=O)P(=O)(Cl)N(OCc1ccccc1)[C@@H](C)C(=O)O. The number of carbonyl (C=O) groups excluding carboxylic acids is 1. The van der Waals surface area contributed by atoms with Crippen LogP contribution in [-0.4, -0.2) is 33.5 Å². The van der Waals surface area contributed by atoms with Crippen LogP contribution in [0.25, 0.3) is 0 Å². The molecule has 1 rings (SSSR count). The first-order valence-corrected chi connectivity index (χ1v) is 9.03. The highest BCUT2D eigenvalue weighted by Gasteiger charge is 2.44. The molecule has 0 aliphatic rings. The number of benzene rings is 1. The van der Waals surface area contributed by atoms with Gasteiger partial charge in [-0.3, -0.25) is 19.0 Å². The summed E-state index contributed by atoms with van der Waals surface area (Å²) < 4.78 is 12.5. The van der Waals surface area contributed by atoms with Crippen molar-refractivity contribution in [3.8, 4) is 0 Å². The van der Waals surface area contributed by atoms with Gasteiger partial charge >= 0.3 is 12.6 Å². The van der Waals surface area contributed by atoms with Gasteiger partial charge in [-0.25, -0.2) is 0 Å². The Bertz CT molecular complexity index is 581. The number of hydrogen-bond donors (Lipinski definition) is 2. The Morgan fingerprint density at radius 3 is 2.36 bits per heavy atom. The van der Waals surface area contributed by atoms with Crippen LogP contribution in [0.15, 0.2) is 30.3 Å². The fourth-order valence-electron chi connectivity index (χ4n) is 1.57. The standard InChI is InChI=1S/C13H18ClN2O5P/c1-9(15)13(19)22(14,20)16(10(2)12(17)18)21-8-11-6-4-3-5-7-11/h3-7,9-10H,8,15H2,1-2H3,(H,17,18)/t9-,10-,22?/m0/s1. The highest BCUT2D eigenvalue weighted by molar-refractivity contribution is 8.00. The smallest absolute Gasteiger partial charge is 0.323 e. The summed E-state index contributed by atoms with van der Waals surface area (Å²) in [6.07, 6.45) is 0. The van der Waals surface area contributed by atoms with Crippen molar-refractivity contribution < 1.29 is 24.1 Å². The van der Waals surface area contributed by atoms with Crippen LogP contribution in [0.5, 0.6) is 0 Å². The first kappa shape index (κ1) is 18.8. The number of aliphatic carboxylic acids is 1. The molecule has 0 amide bonds. The van der Waals surface area contributed by atoms with Gasteiger partial charge in [0, 0.05) is 0 Å². The molecular formula is C13H18ClN2O5P. The van der Waals surface area contributed by atoms with Crippen molar-refractivity contribution in [2.75, 3.05) is 0 Å². The second-order valence-electron chi connectivity index (χ2n) is 4.70. The molecule has 122 valence electrons. The van der Waals surface area contributed by atoms with Crippen molar-refractivity contribution in [1.29, 1.82) is 0 Å². The third-order valence-electron chi connectivity index (χ3n) is 2.81. The zero-order valence-electron chi connectivity index (χ0n) is 12.2. The van der Waals surface area contributed by atoms with E-state index in [1.807, 2.05) is 0 Å². The van der Waals surface area contributed by atoms with Gasteiger partial charge in [-0.05, 0) is 30.7 Å². The Morgan fingerprint density at radius 1 is 1.36 bits per heavy atom. The average Bonchev–Trinajstić information content (AvgIpc) is 2.46. The second-order valence-corrected chi connectivity index (χ2v) is 7.92. The molecule has 0 aliphatic heterocycles. The number of hydroxylamine groups is 1. The molecule has 9 heteroatoms. The molecule has 1 aromatic rings. The van der Waals surface area contributed by atoms with Crippen LogP contribution in [0, 0.1) is 0 Å². The predicted octanol–water partition coefficient (Wildman–Crippen LogP) is 2.20. The van der Waals surface area contributed by atoms with E-state index in [9.17, 15) is 14.2 Å². The molecule has 7 nitrogen and oxygen atoms in total. The molecule has 0 aromatic heterocycles. The van der Waals surface area contributed by atoms with Gasteiger partial charge in [0.1, 0.15) is 6.04 Å². The van der Waals surface area contributed by atoms with Crippen LogP contribution >= 0.6 is 17.9 Å². The summed E-state index contributed by atoms with van der Waals surface area (Å²) >= 11 is 5.82. The van der Waals surface area contributed by atoms with Crippen molar-refractivity contribution in [3.63, 3.8) is 0 Å². The number of rotatable bonds is 8. The van der Waals surface area contributed by atoms with E-state index in [1.165, 1.54) is 13.8 Å². The molecule has 0 saturated carbocycles. The highest BCUT2D eigenvalue weighted by Crippen LogP contribution is 2.57. The molecule has 22 heavy (non-hydrogen) atoms. The molecule has 3 atom stereocenters. The molecular weight excluding hydrogens is 331 g/mol. The summed E-state index contributed by atoms with van der Waals surface area (Å²) in [5.74, 6) is -1.33. The summed E-state index contributed by atoms with van der Waals surface area (Å²) in [5, 5.41) is 9.09. The van der Waals surface area contributed by atoms with Crippen molar-refractivity contribution in [3.05, 3.63) is 35.9 Å². The minimum absolute atomic E-state index is 0.0819. The van der Waals surface area contributed by atoms with Crippen molar-refractivity contribution in [2.45, 2.75) is 32.5 Å². The zero-order valence-corrected chi connectivity index (χ0v) is 13.8.